The highest BCUT2D eigenvalue weighted by Crippen LogP contribution is 2.41. The van der Waals surface area contributed by atoms with Crippen LogP contribution >= 0.6 is 12.6 Å². The molecule has 1 nitrogen and oxygen atoms in total. The van der Waals surface area contributed by atoms with E-state index in [2.05, 4.69) is 60.2 Å². The molecule has 0 saturated heterocycles. The van der Waals surface area contributed by atoms with Crippen molar-refractivity contribution in [3.05, 3.63) is 28.8 Å². The average Bonchev–Trinajstić information content (AvgIpc) is 2.24. The first-order chi connectivity index (χ1) is 8.59. The Balaban J connectivity index is 3.52. The molecule has 0 aliphatic rings. The number of phenols is 1. The summed E-state index contributed by atoms with van der Waals surface area (Å²) in [7, 11) is 0. The molecule has 0 atom stereocenters. The van der Waals surface area contributed by atoms with Crippen molar-refractivity contribution in [2.24, 2.45) is 0 Å². The number of aromatic hydroxyl groups is 1. The van der Waals surface area contributed by atoms with Crippen LogP contribution in [0.5, 0.6) is 5.75 Å². The monoisotopic (exact) mass is 280 g/mol. The van der Waals surface area contributed by atoms with Crippen LogP contribution in [0.2, 0.25) is 0 Å². The van der Waals surface area contributed by atoms with Gasteiger partial charge in [0.2, 0.25) is 0 Å². The van der Waals surface area contributed by atoms with E-state index < -0.39 is 0 Å². The summed E-state index contributed by atoms with van der Waals surface area (Å²) in [5, 5.41) is 10.3. The van der Waals surface area contributed by atoms with Gasteiger partial charge in [-0.25, -0.2) is 0 Å². The zero-order valence-corrected chi connectivity index (χ0v) is 14.1. The molecule has 1 aromatic rings. The van der Waals surface area contributed by atoms with Gasteiger partial charge in [0.1, 0.15) is 5.75 Å². The lowest BCUT2D eigenvalue weighted by Gasteiger charge is -2.33. The van der Waals surface area contributed by atoms with Crippen LogP contribution in [0, 0.1) is 0 Å². The fraction of sp³-hybridized carbons (Fsp3) is 0.647. The summed E-state index contributed by atoms with van der Waals surface area (Å²) in [5.41, 5.74) is 3.74. The van der Waals surface area contributed by atoms with Gasteiger partial charge in [0, 0.05) is 5.56 Å². The predicted octanol–water partition coefficient (Wildman–Crippen LogP) is 4.85. The fourth-order valence-corrected chi connectivity index (χ4v) is 2.89. The van der Waals surface area contributed by atoms with E-state index in [9.17, 15) is 5.11 Å². The highest BCUT2D eigenvalue weighted by molar-refractivity contribution is 7.80. The van der Waals surface area contributed by atoms with E-state index >= 15 is 0 Å². The van der Waals surface area contributed by atoms with E-state index in [0.29, 0.717) is 5.75 Å². The maximum Gasteiger partial charge on any atom is 0.119 e. The number of aryl methyl sites for hydroxylation is 1. The Morgan fingerprint density at radius 3 is 1.89 bits per heavy atom. The van der Waals surface area contributed by atoms with Gasteiger partial charge in [0.25, 0.3) is 0 Å². The quantitative estimate of drug-likeness (QED) is 0.758. The molecule has 0 radical (unpaired) electrons. The molecule has 2 heteroatoms. The molecule has 108 valence electrons. The topological polar surface area (TPSA) is 20.2 Å². The molecule has 0 fully saturated rings. The highest BCUT2D eigenvalue weighted by Gasteiger charge is 2.30. The first kappa shape index (κ1) is 16.4. The molecule has 0 spiro atoms. The lowest BCUT2D eigenvalue weighted by atomic mass is 9.72. The van der Waals surface area contributed by atoms with E-state index in [-0.39, 0.29) is 10.8 Å². The molecule has 0 unspecified atom stereocenters. The van der Waals surface area contributed by atoms with Crippen LogP contribution < -0.4 is 0 Å². The lowest BCUT2D eigenvalue weighted by molar-refractivity contribution is 0.434. The third-order valence-corrected chi connectivity index (χ3v) is 3.69. The van der Waals surface area contributed by atoms with Crippen LogP contribution in [-0.4, -0.2) is 10.9 Å². The molecule has 0 aliphatic carbocycles. The number of benzene rings is 1. The molecule has 0 aromatic heterocycles. The Bertz CT molecular complexity index is 436. The first-order valence-corrected chi connectivity index (χ1v) is 7.69. The Morgan fingerprint density at radius 2 is 1.47 bits per heavy atom. The minimum absolute atomic E-state index is 0.0350. The molecule has 0 heterocycles. The van der Waals surface area contributed by atoms with Crippen LogP contribution in [0.25, 0.3) is 0 Å². The van der Waals surface area contributed by atoms with E-state index in [1.165, 1.54) is 11.1 Å². The molecule has 1 aromatic carbocycles. The summed E-state index contributed by atoms with van der Waals surface area (Å²) in [4.78, 5) is 0. The number of thiol groups is 1. The van der Waals surface area contributed by atoms with Crippen molar-refractivity contribution in [3.8, 4) is 5.75 Å². The number of hydrogen-bond donors (Lipinski definition) is 2. The second kappa shape index (κ2) is 5.78. The Labute approximate surface area is 123 Å². The molecule has 19 heavy (non-hydrogen) atoms. The van der Waals surface area contributed by atoms with Gasteiger partial charge in [0.15, 0.2) is 0 Å². The van der Waals surface area contributed by atoms with E-state index in [1.807, 2.05) is 6.07 Å². The normalized spacial score (nSPS) is 12.8. The number of hydrogen-bond acceptors (Lipinski definition) is 2. The maximum absolute atomic E-state index is 10.3. The third-order valence-electron chi connectivity index (χ3n) is 3.37. The first-order valence-electron chi connectivity index (χ1n) is 7.05. The van der Waals surface area contributed by atoms with Crippen molar-refractivity contribution in [1.82, 2.24) is 0 Å². The fourth-order valence-electron chi connectivity index (χ4n) is 2.73. The number of phenolic OH excluding ortho intramolecular Hbond substituents is 1. The summed E-state index contributed by atoms with van der Waals surface area (Å²) in [6.45, 7) is 13.2. The summed E-state index contributed by atoms with van der Waals surface area (Å²) in [6.07, 6.45) is 2.10. The van der Waals surface area contributed by atoms with Crippen molar-refractivity contribution in [2.45, 2.75) is 65.2 Å². The van der Waals surface area contributed by atoms with Crippen LogP contribution in [-0.2, 0) is 17.3 Å². The van der Waals surface area contributed by atoms with Crippen LogP contribution in [0.1, 0.15) is 64.7 Å². The standard InChI is InChI=1S/C17H28OS/c1-16(2,3)14-12(8-7-11-19)9-10-13(18)15(14)17(4,5)6/h9-10,18-19H,7-8,11H2,1-6H3. The van der Waals surface area contributed by atoms with Crippen LogP contribution in [0.15, 0.2) is 12.1 Å². The van der Waals surface area contributed by atoms with Gasteiger partial charge < -0.3 is 5.11 Å². The minimum atomic E-state index is -0.0519. The molecule has 1 rings (SSSR count). The van der Waals surface area contributed by atoms with Crippen LogP contribution in [0.3, 0.4) is 0 Å². The lowest BCUT2D eigenvalue weighted by Crippen LogP contribution is -2.24. The van der Waals surface area contributed by atoms with E-state index in [1.54, 1.807) is 0 Å². The van der Waals surface area contributed by atoms with Crippen LogP contribution in [0.4, 0.5) is 0 Å². The smallest absolute Gasteiger partial charge is 0.119 e. The highest BCUT2D eigenvalue weighted by atomic mass is 32.1. The zero-order chi connectivity index (χ0) is 14.8. The average molecular weight is 280 g/mol. The largest absolute Gasteiger partial charge is 0.508 e. The van der Waals surface area contributed by atoms with E-state index in [0.717, 1.165) is 24.2 Å². The van der Waals surface area contributed by atoms with Crippen molar-refractivity contribution >= 4 is 12.6 Å². The second-order valence-electron chi connectivity index (χ2n) is 7.32. The van der Waals surface area contributed by atoms with E-state index in [4.69, 9.17) is 0 Å². The second-order valence-corrected chi connectivity index (χ2v) is 7.77. The predicted molar refractivity (Wildman–Crippen MR) is 87.7 cm³/mol. The molecule has 0 bridgehead atoms. The maximum atomic E-state index is 10.3. The zero-order valence-electron chi connectivity index (χ0n) is 13.2. The van der Waals surface area contributed by atoms with Crippen molar-refractivity contribution < 1.29 is 5.11 Å². The molecule has 0 amide bonds. The molecular formula is C17H28OS. The van der Waals surface area contributed by atoms with Gasteiger partial charge in [-0.3, -0.25) is 0 Å². The molecular weight excluding hydrogens is 252 g/mol. The summed E-state index contributed by atoms with van der Waals surface area (Å²) < 4.78 is 0. The Kier molecular flexibility index (Phi) is 5.00. The van der Waals surface area contributed by atoms with Gasteiger partial charge in [-0.15, -0.1) is 0 Å². The van der Waals surface area contributed by atoms with Gasteiger partial charge in [0.05, 0.1) is 0 Å². The van der Waals surface area contributed by atoms with Gasteiger partial charge in [-0.05, 0) is 46.6 Å². The Hall–Kier alpha value is -0.630. The van der Waals surface area contributed by atoms with Gasteiger partial charge >= 0.3 is 0 Å². The van der Waals surface area contributed by atoms with Crippen molar-refractivity contribution in [3.63, 3.8) is 0 Å². The SMILES string of the molecule is CC(C)(C)c1c(O)ccc(CCCS)c1C(C)(C)C. The molecule has 0 saturated carbocycles. The van der Waals surface area contributed by atoms with Crippen molar-refractivity contribution in [1.29, 1.82) is 0 Å². The van der Waals surface area contributed by atoms with Gasteiger partial charge in [-0.1, -0.05) is 47.6 Å². The van der Waals surface area contributed by atoms with Crippen molar-refractivity contribution in [2.75, 3.05) is 5.75 Å². The minimum Gasteiger partial charge on any atom is -0.508 e. The molecule has 1 N–H and O–H groups in total. The summed E-state index contributed by atoms with van der Waals surface area (Å²) >= 11 is 4.31. The number of rotatable bonds is 3. The molecule has 0 aliphatic heterocycles. The summed E-state index contributed by atoms with van der Waals surface area (Å²) in [5.74, 6) is 1.32. The van der Waals surface area contributed by atoms with Gasteiger partial charge in [-0.2, -0.15) is 12.6 Å². The Morgan fingerprint density at radius 1 is 0.947 bits per heavy atom. The summed E-state index contributed by atoms with van der Waals surface area (Å²) in [6, 6.07) is 3.93. The third kappa shape index (κ3) is 3.92.